The van der Waals surface area contributed by atoms with Crippen LogP contribution in [0.2, 0.25) is 0 Å². The molecular formula is C10H15N3O3. The zero-order valence-corrected chi connectivity index (χ0v) is 9.02. The minimum absolute atomic E-state index is 0.253. The zero-order chi connectivity index (χ0) is 11.4. The van der Waals surface area contributed by atoms with Crippen LogP contribution >= 0.6 is 0 Å². The Kier molecular flexibility index (Phi) is 3.53. The number of aromatic amines is 1. The van der Waals surface area contributed by atoms with Crippen LogP contribution in [0, 0.1) is 0 Å². The van der Waals surface area contributed by atoms with Crippen LogP contribution < -0.4 is 11.2 Å². The minimum Gasteiger partial charge on any atom is -0.379 e. The smallest absolute Gasteiger partial charge is 0.328 e. The molecule has 1 aromatic heterocycles. The molecular weight excluding hydrogens is 210 g/mol. The third-order valence-electron chi connectivity index (χ3n) is 2.69. The largest absolute Gasteiger partial charge is 0.379 e. The molecule has 0 aliphatic carbocycles. The molecule has 2 heterocycles. The minimum atomic E-state index is -0.347. The van der Waals surface area contributed by atoms with E-state index >= 15 is 0 Å². The molecule has 0 amide bonds. The molecule has 1 N–H and O–H groups in total. The molecule has 88 valence electrons. The number of aromatic nitrogens is 2. The average Bonchev–Trinajstić information content (AvgIpc) is 2.30. The number of nitrogens with one attached hydrogen (secondary N) is 1. The van der Waals surface area contributed by atoms with Gasteiger partial charge < -0.3 is 9.72 Å². The van der Waals surface area contributed by atoms with Gasteiger partial charge in [0.15, 0.2) is 0 Å². The standard InChI is InChI=1S/C10H15N3O3/c14-9-1-2-11-10(15)13(9)4-3-12-5-7-16-8-6-12/h1-2H,3-8H2,(H,11,15). The molecule has 2 rings (SSSR count). The van der Waals surface area contributed by atoms with E-state index < -0.39 is 0 Å². The molecule has 6 nitrogen and oxygen atoms in total. The van der Waals surface area contributed by atoms with Gasteiger partial charge in [0, 0.05) is 38.4 Å². The SMILES string of the molecule is O=c1cc[nH]c(=O)n1CCN1CCOCC1. The lowest BCUT2D eigenvalue weighted by Crippen LogP contribution is -2.42. The fourth-order valence-electron chi connectivity index (χ4n) is 1.73. The van der Waals surface area contributed by atoms with Crippen molar-refractivity contribution in [2.45, 2.75) is 6.54 Å². The molecule has 0 atom stereocenters. The van der Waals surface area contributed by atoms with Gasteiger partial charge in [0.2, 0.25) is 0 Å². The van der Waals surface area contributed by atoms with Crippen molar-refractivity contribution in [2.24, 2.45) is 0 Å². The van der Waals surface area contributed by atoms with Gasteiger partial charge in [-0.05, 0) is 0 Å². The van der Waals surface area contributed by atoms with Gasteiger partial charge in [-0.15, -0.1) is 0 Å². The Labute approximate surface area is 92.5 Å². The summed E-state index contributed by atoms with van der Waals surface area (Å²) in [5, 5.41) is 0. The predicted octanol–water partition coefficient (Wildman–Crippen LogP) is -1.13. The van der Waals surface area contributed by atoms with Crippen molar-refractivity contribution < 1.29 is 4.74 Å². The van der Waals surface area contributed by atoms with Crippen molar-refractivity contribution in [1.29, 1.82) is 0 Å². The van der Waals surface area contributed by atoms with E-state index in [-0.39, 0.29) is 11.2 Å². The van der Waals surface area contributed by atoms with Gasteiger partial charge in [0.1, 0.15) is 0 Å². The quantitative estimate of drug-likeness (QED) is 0.706. The van der Waals surface area contributed by atoms with Crippen molar-refractivity contribution in [1.82, 2.24) is 14.5 Å². The number of ether oxygens (including phenoxy) is 1. The normalized spacial score (nSPS) is 17.5. The van der Waals surface area contributed by atoms with Crippen molar-refractivity contribution in [2.75, 3.05) is 32.8 Å². The summed E-state index contributed by atoms with van der Waals surface area (Å²) in [4.78, 5) is 27.5. The molecule has 0 bridgehead atoms. The van der Waals surface area contributed by atoms with E-state index in [1.165, 1.54) is 16.8 Å². The molecule has 1 aliphatic rings. The third kappa shape index (κ3) is 2.59. The fraction of sp³-hybridized carbons (Fsp3) is 0.600. The molecule has 16 heavy (non-hydrogen) atoms. The number of rotatable bonds is 3. The highest BCUT2D eigenvalue weighted by atomic mass is 16.5. The van der Waals surface area contributed by atoms with E-state index in [0.717, 1.165) is 26.3 Å². The molecule has 0 radical (unpaired) electrons. The number of nitrogens with zero attached hydrogens (tertiary/aromatic N) is 2. The second-order valence-corrected chi connectivity index (χ2v) is 3.73. The van der Waals surface area contributed by atoms with E-state index in [1.54, 1.807) is 0 Å². The Hall–Kier alpha value is -1.40. The molecule has 1 fully saturated rings. The van der Waals surface area contributed by atoms with E-state index in [1.807, 2.05) is 0 Å². The van der Waals surface area contributed by atoms with Gasteiger partial charge in [-0.1, -0.05) is 0 Å². The number of H-pyrrole nitrogens is 1. The van der Waals surface area contributed by atoms with Gasteiger partial charge in [0.25, 0.3) is 5.56 Å². The fourth-order valence-corrected chi connectivity index (χ4v) is 1.73. The van der Waals surface area contributed by atoms with Crippen LogP contribution in [-0.4, -0.2) is 47.3 Å². The van der Waals surface area contributed by atoms with Crippen LogP contribution in [0.1, 0.15) is 0 Å². The maximum absolute atomic E-state index is 11.4. The van der Waals surface area contributed by atoms with Crippen LogP contribution in [0.5, 0.6) is 0 Å². The lowest BCUT2D eigenvalue weighted by molar-refractivity contribution is 0.0361. The molecule has 0 spiro atoms. The molecule has 0 aromatic carbocycles. The van der Waals surface area contributed by atoms with Gasteiger partial charge in [-0.2, -0.15) is 0 Å². The first kappa shape index (κ1) is 11.1. The van der Waals surface area contributed by atoms with Gasteiger partial charge >= 0.3 is 5.69 Å². The molecule has 1 aliphatic heterocycles. The van der Waals surface area contributed by atoms with E-state index in [4.69, 9.17) is 4.74 Å². The van der Waals surface area contributed by atoms with Crippen molar-refractivity contribution in [3.05, 3.63) is 33.1 Å². The van der Waals surface area contributed by atoms with Crippen molar-refractivity contribution in [3.63, 3.8) is 0 Å². The Morgan fingerprint density at radius 2 is 2.00 bits per heavy atom. The summed E-state index contributed by atoms with van der Waals surface area (Å²) in [6, 6.07) is 1.36. The number of morpholine rings is 1. The topological polar surface area (TPSA) is 67.3 Å². The summed E-state index contributed by atoms with van der Waals surface area (Å²) < 4.78 is 6.44. The molecule has 0 saturated carbocycles. The van der Waals surface area contributed by atoms with Gasteiger partial charge in [-0.3, -0.25) is 14.3 Å². The van der Waals surface area contributed by atoms with Crippen LogP contribution in [0.4, 0.5) is 0 Å². The summed E-state index contributed by atoms with van der Waals surface area (Å²) >= 11 is 0. The maximum Gasteiger partial charge on any atom is 0.328 e. The molecule has 0 unspecified atom stereocenters. The third-order valence-corrected chi connectivity index (χ3v) is 2.69. The molecule has 1 aromatic rings. The maximum atomic E-state index is 11.4. The Morgan fingerprint density at radius 1 is 1.25 bits per heavy atom. The average molecular weight is 225 g/mol. The summed E-state index contributed by atoms with van der Waals surface area (Å²) in [6.45, 7) is 4.30. The lowest BCUT2D eigenvalue weighted by Gasteiger charge is -2.26. The van der Waals surface area contributed by atoms with Gasteiger partial charge in [0.05, 0.1) is 13.2 Å². The number of hydrogen-bond donors (Lipinski definition) is 1. The molecule has 1 saturated heterocycles. The van der Waals surface area contributed by atoms with Gasteiger partial charge in [-0.25, -0.2) is 4.79 Å². The highest BCUT2D eigenvalue weighted by molar-refractivity contribution is 4.83. The van der Waals surface area contributed by atoms with Crippen LogP contribution in [0.3, 0.4) is 0 Å². The predicted molar refractivity (Wildman–Crippen MR) is 58.6 cm³/mol. The van der Waals surface area contributed by atoms with Crippen LogP contribution in [-0.2, 0) is 11.3 Å². The van der Waals surface area contributed by atoms with Crippen LogP contribution in [0.15, 0.2) is 21.9 Å². The first-order chi connectivity index (χ1) is 7.77. The lowest BCUT2D eigenvalue weighted by atomic mass is 10.4. The van der Waals surface area contributed by atoms with E-state index in [2.05, 4.69) is 9.88 Å². The zero-order valence-electron chi connectivity index (χ0n) is 9.02. The first-order valence-electron chi connectivity index (χ1n) is 5.36. The number of hydrogen-bond acceptors (Lipinski definition) is 4. The second kappa shape index (κ2) is 5.09. The summed E-state index contributed by atoms with van der Waals surface area (Å²) in [7, 11) is 0. The summed E-state index contributed by atoms with van der Waals surface area (Å²) in [5.41, 5.74) is -0.599. The monoisotopic (exact) mass is 225 g/mol. The van der Waals surface area contributed by atoms with Crippen molar-refractivity contribution >= 4 is 0 Å². The highest BCUT2D eigenvalue weighted by Crippen LogP contribution is 1.95. The van der Waals surface area contributed by atoms with E-state index in [9.17, 15) is 9.59 Å². The summed E-state index contributed by atoms with van der Waals surface area (Å²) in [6.07, 6.45) is 1.37. The Balaban J connectivity index is 1.99. The molecule has 6 heteroatoms. The second-order valence-electron chi connectivity index (χ2n) is 3.73. The highest BCUT2D eigenvalue weighted by Gasteiger charge is 2.10. The Bertz CT molecular complexity index is 417. The Morgan fingerprint density at radius 3 is 2.69 bits per heavy atom. The summed E-state index contributed by atoms with van der Waals surface area (Å²) in [5.74, 6) is 0. The van der Waals surface area contributed by atoms with Crippen molar-refractivity contribution in [3.8, 4) is 0 Å². The first-order valence-corrected chi connectivity index (χ1v) is 5.36. The van der Waals surface area contributed by atoms with Crippen LogP contribution in [0.25, 0.3) is 0 Å². The van der Waals surface area contributed by atoms with E-state index in [0.29, 0.717) is 13.1 Å².